The fourth-order valence-corrected chi connectivity index (χ4v) is 3.43. The fraction of sp³-hybridized carbons (Fsp3) is 0.350. The summed E-state index contributed by atoms with van der Waals surface area (Å²) in [4.78, 5) is 32.6. The van der Waals surface area contributed by atoms with Gasteiger partial charge in [0.1, 0.15) is 5.65 Å². The van der Waals surface area contributed by atoms with E-state index >= 15 is 0 Å². The molecule has 0 saturated carbocycles. The van der Waals surface area contributed by atoms with Crippen LogP contribution >= 0.6 is 0 Å². The van der Waals surface area contributed by atoms with E-state index < -0.39 is 17.9 Å². The molecule has 1 atom stereocenters. The van der Waals surface area contributed by atoms with Gasteiger partial charge in [0.05, 0.1) is 12.7 Å². The van der Waals surface area contributed by atoms with Crippen LogP contribution in [-0.2, 0) is 19.1 Å². The van der Waals surface area contributed by atoms with Crippen LogP contribution in [0.25, 0.3) is 17.1 Å². The number of pyridine rings is 1. The highest BCUT2D eigenvalue weighted by molar-refractivity contribution is 6.26. The number of rotatable bonds is 5. The third-order valence-electron chi connectivity index (χ3n) is 4.80. The Bertz CT molecular complexity index is 1010. The molecule has 2 aliphatic rings. The van der Waals surface area contributed by atoms with Crippen LogP contribution in [-0.4, -0.2) is 57.6 Å². The average Bonchev–Trinajstić information content (AvgIpc) is 3.24. The van der Waals surface area contributed by atoms with Crippen LogP contribution in [0.5, 0.6) is 0 Å². The van der Waals surface area contributed by atoms with Crippen molar-refractivity contribution < 1.29 is 24.2 Å². The summed E-state index contributed by atoms with van der Waals surface area (Å²) in [5, 5.41) is 12.4. The minimum absolute atomic E-state index is 0.0119. The predicted octanol–water partition coefficient (Wildman–Crippen LogP) is 1.24. The van der Waals surface area contributed by atoms with Crippen LogP contribution < -0.4 is 5.43 Å². The standard InChI is InChI=1S/C20H22N4O5/c1-2-28-20(27)16-17(26)15(9-12-10-22-18-14(12)6-3-7-21-18)29-19(16)23-24-8-4-5-13(25)11-24/h3,6-7,9-10,13,23,25H,2,4-5,8,11H2,1H3,(H,21,22). The second-order valence-corrected chi connectivity index (χ2v) is 6.86. The molecule has 9 nitrogen and oxygen atoms in total. The highest BCUT2D eigenvalue weighted by atomic mass is 16.5. The second kappa shape index (κ2) is 8.06. The molecule has 2 aliphatic heterocycles. The van der Waals surface area contributed by atoms with Crippen molar-refractivity contribution in [3.63, 3.8) is 0 Å². The number of nitrogens with one attached hydrogen (secondary N) is 2. The lowest BCUT2D eigenvalue weighted by molar-refractivity contribution is -0.139. The number of piperidine rings is 1. The summed E-state index contributed by atoms with van der Waals surface area (Å²) in [6, 6.07) is 3.67. The summed E-state index contributed by atoms with van der Waals surface area (Å²) in [6.07, 6.45) is 5.98. The molecule has 3 N–H and O–H groups in total. The van der Waals surface area contributed by atoms with Gasteiger partial charge in [-0.2, -0.15) is 0 Å². The van der Waals surface area contributed by atoms with E-state index in [1.165, 1.54) is 0 Å². The lowest BCUT2D eigenvalue weighted by Crippen LogP contribution is -2.46. The van der Waals surface area contributed by atoms with Crippen molar-refractivity contribution in [1.82, 2.24) is 20.4 Å². The Kier molecular flexibility index (Phi) is 5.32. The van der Waals surface area contributed by atoms with Crippen molar-refractivity contribution in [2.75, 3.05) is 19.7 Å². The molecule has 1 fully saturated rings. The SMILES string of the molecule is CCOC(=O)C1=C(NN2CCCC(O)C2)OC(=Cc2c[nH]c3ncccc23)C1=O. The number of hydrogen-bond donors (Lipinski definition) is 3. The molecular formula is C20H22N4O5. The highest BCUT2D eigenvalue weighted by Crippen LogP contribution is 2.28. The molecule has 2 aromatic heterocycles. The van der Waals surface area contributed by atoms with Crippen LogP contribution in [0.4, 0.5) is 0 Å². The molecular weight excluding hydrogens is 376 g/mol. The molecule has 0 amide bonds. The zero-order valence-electron chi connectivity index (χ0n) is 16.0. The molecule has 0 aliphatic carbocycles. The number of carbonyl (C=O) groups excluding carboxylic acids is 2. The molecule has 9 heteroatoms. The first kappa shape index (κ1) is 19.2. The van der Waals surface area contributed by atoms with Crippen LogP contribution in [0.1, 0.15) is 25.3 Å². The number of aromatic nitrogens is 2. The maximum atomic E-state index is 12.9. The van der Waals surface area contributed by atoms with Crippen LogP contribution in [0.3, 0.4) is 0 Å². The van der Waals surface area contributed by atoms with Crippen LogP contribution in [0.2, 0.25) is 0 Å². The van der Waals surface area contributed by atoms with Gasteiger partial charge >= 0.3 is 5.97 Å². The summed E-state index contributed by atoms with van der Waals surface area (Å²) in [7, 11) is 0. The van der Waals surface area contributed by atoms with Gasteiger partial charge in [0.2, 0.25) is 11.7 Å². The van der Waals surface area contributed by atoms with Gasteiger partial charge in [-0.3, -0.25) is 10.2 Å². The van der Waals surface area contributed by atoms with Crippen LogP contribution in [0.15, 0.2) is 41.7 Å². The van der Waals surface area contributed by atoms with Crippen molar-refractivity contribution in [3.8, 4) is 0 Å². The number of hydrogen-bond acceptors (Lipinski definition) is 8. The predicted molar refractivity (Wildman–Crippen MR) is 104 cm³/mol. The topological polar surface area (TPSA) is 117 Å². The first-order chi connectivity index (χ1) is 14.1. The average molecular weight is 398 g/mol. The number of Topliss-reactive ketones (excluding diaryl/α,β-unsaturated/α-hetero) is 1. The Hall–Kier alpha value is -3.17. The summed E-state index contributed by atoms with van der Waals surface area (Å²) in [5.41, 5.74) is 4.18. The normalized spacial score (nSPS) is 21.7. The summed E-state index contributed by atoms with van der Waals surface area (Å²) in [6.45, 7) is 2.83. The Morgan fingerprint density at radius 3 is 3.21 bits per heavy atom. The van der Waals surface area contributed by atoms with Crippen LogP contribution in [0, 0.1) is 0 Å². The number of esters is 1. The van der Waals surface area contributed by atoms with E-state index in [4.69, 9.17) is 9.47 Å². The smallest absolute Gasteiger partial charge is 0.347 e. The van der Waals surface area contributed by atoms with E-state index in [0.717, 1.165) is 11.8 Å². The number of aliphatic hydroxyl groups excluding tert-OH is 1. The van der Waals surface area contributed by atoms with Gasteiger partial charge < -0.3 is 19.6 Å². The molecule has 0 radical (unpaired) electrons. The lowest BCUT2D eigenvalue weighted by Gasteiger charge is -2.30. The zero-order chi connectivity index (χ0) is 20.4. The molecule has 1 unspecified atom stereocenters. The van der Waals surface area contributed by atoms with E-state index in [1.807, 2.05) is 6.07 Å². The van der Waals surface area contributed by atoms with Gasteiger partial charge in [0, 0.05) is 36.4 Å². The number of carbonyl (C=O) groups is 2. The number of fused-ring (bicyclic) bond motifs is 1. The molecule has 0 spiro atoms. The van der Waals surface area contributed by atoms with Gasteiger partial charge in [-0.15, -0.1) is 0 Å². The number of aliphatic hydroxyl groups is 1. The molecule has 1 saturated heterocycles. The summed E-state index contributed by atoms with van der Waals surface area (Å²) >= 11 is 0. The Morgan fingerprint density at radius 1 is 1.55 bits per heavy atom. The van der Waals surface area contributed by atoms with E-state index in [-0.39, 0.29) is 23.8 Å². The van der Waals surface area contributed by atoms with E-state index in [9.17, 15) is 14.7 Å². The van der Waals surface area contributed by atoms with Gasteiger partial charge in [0.15, 0.2) is 11.3 Å². The van der Waals surface area contributed by atoms with Gasteiger partial charge in [0.25, 0.3) is 0 Å². The third kappa shape index (κ3) is 3.87. The maximum absolute atomic E-state index is 12.9. The Labute approximate surface area is 167 Å². The number of allylic oxidation sites excluding steroid dienone is 1. The third-order valence-corrected chi connectivity index (χ3v) is 4.80. The van der Waals surface area contributed by atoms with Gasteiger partial charge in [-0.25, -0.2) is 14.8 Å². The number of aromatic amines is 1. The maximum Gasteiger partial charge on any atom is 0.347 e. The molecule has 2 aromatic rings. The number of β-amino-alcohol motifs (C(OH)–C–C–N with tert-alkyl or cyclic N) is 1. The molecule has 0 bridgehead atoms. The fourth-order valence-electron chi connectivity index (χ4n) is 3.43. The van der Waals surface area contributed by atoms with Gasteiger partial charge in [-0.1, -0.05) is 0 Å². The molecule has 4 rings (SSSR count). The second-order valence-electron chi connectivity index (χ2n) is 6.86. The van der Waals surface area contributed by atoms with Gasteiger partial charge in [-0.05, 0) is 38.0 Å². The number of H-pyrrole nitrogens is 1. The minimum atomic E-state index is -0.749. The number of hydrazine groups is 1. The monoisotopic (exact) mass is 398 g/mol. The van der Waals surface area contributed by atoms with Crippen molar-refractivity contribution in [2.45, 2.75) is 25.9 Å². The minimum Gasteiger partial charge on any atom is -0.462 e. The summed E-state index contributed by atoms with van der Waals surface area (Å²) in [5.74, 6) is -1.27. The van der Waals surface area contributed by atoms with Crippen molar-refractivity contribution >= 4 is 28.9 Å². The first-order valence-electron chi connectivity index (χ1n) is 9.54. The Morgan fingerprint density at radius 2 is 2.41 bits per heavy atom. The molecule has 29 heavy (non-hydrogen) atoms. The largest absolute Gasteiger partial charge is 0.462 e. The number of ketones is 1. The lowest BCUT2D eigenvalue weighted by atomic mass is 10.1. The number of ether oxygens (including phenoxy) is 2. The molecule has 4 heterocycles. The Balaban J connectivity index is 1.64. The molecule has 0 aromatic carbocycles. The van der Waals surface area contributed by atoms with Crippen molar-refractivity contribution in [1.29, 1.82) is 0 Å². The summed E-state index contributed by atoms with van der Waals surface area (Å²) < 4.78 is 10.8. The van der Waals surface area contributed by atoms with Crippen molar-refractivity contribution in [2.24, 2.45) is 0 Å². The van der Waals surface area contributed by atoms with E-state index in [0.29, 0.717) is 30.7 Å². The molecule has 152 valence electrons. The van der Waals surface area contributed by atoms with Crippen molar-refractivity contribution in [3.05, 3.63) is 47.3 Å². The zero-order valence-corrected chi connectivity index (χ0v) is 16.0. The van der Waals surface area contributed by atoms with E-state index in [1.54, 1.807) is 36.5 Å². The first-order valence-corrected chi connectivity index (χ1v) is 9.54. The van der Waals surface area contributed by atoms with E-state index in [2.05, 4.69) is 15.4 Å². The number of nitrogens with zero attached hydrogens (tertiary/aromatic N) is 2. The highest BCUT2D eigenvalue weighted by Gasteiger charge is 2.38. The quantitative estimate of drug-likeness (QED) is 0.391.